The van der Waals surface area contributed by atoms with Gasteiger partial charge in [-0.15, -0.1) is 0 Å². The maximum atomic E-state index is 11.0. The first-order chi connectivity index (χ1) is 13.4. The summed E-state index contributed by atoms with van der Waals surface area (Å²) in [7, 11) is -3.59. The molecule has 1 aliphatic heterocycles. The first-order valence-corrected chi connectivity index (χ1v) is 10.2. The Morgan fingerprint density at radius 2 is 1.93 bits per heavy atom. The van der Waals surface area contributed by atoms with Crippen molar-refractivity contribution in [3.63, 3.8) is 0 Å². The van der Waals surface area contributed by atoms with Crippen molar-refractivity contribution in [3.05, 3.63) is 41.3 Å². The Bertz CT molecular complexity index is 1160. The molecule has 8 nitrogen and oxygen atoms in total. The Morgan fingerprint density at radius 1 is 1.14 bits per heavy atom. The van der Waals surface area contributed by atoms with Gasteiger partial charge in [0.05, 0.1) is 12.8 Å². The first kappa shape index (κ1) is 21.9. The van der Waals surface area contributed by atoms with Gasteiger partial charge in [0.15, 0.2) is 23.0 Å². The molecule has 0 bridgehead atoms. The van der Waals surface area contributed by atoms with Gasteiger partial charge < -0.3 is 22.9 Å². The summed E-state index contributed by atoms with van der Waals surface area (Å²) in [6.45, 7) is 2.09. The van der Waals surface area contributed by atoms with Gasteiger partial charge in [-0.2, -0.15) is 4.37 Å². The van der Waals surface area contributed by atoms with E-state index in [9.17, 15) is 13.0 Å². The van der Waals surface area contributed by atoms with Crippen molar-refractivity contribution in [3.8, 4) is 45.4 Å². The average molecular weight is 443 g/mol. The average Bonchev–Trinajstić information content (AvgIpc) is 3.29. The molecule has 0 aliphatic carbocycles. The fraction of sp³-hybridized carbons (Fsp3) is 0.167. The number of aryl methyl sites for hydroxylation is 1. The number of aromatic nitrogens is 1. The van der Waals surface area contributed by atoms with Crippen molar-refractivity contribution in [2.75, 3.05) is 13.9 Å². The number of benzene rings is 2. The minimum absolute atomic E-state index is 0. The number of methoxy groups -OCH3 is 1. The summed E-state index contributed by atoms with van der Waals surface area (Å²) < 4.78 is 58.1. The van der Waals surface area contributed by atoms with Crippen LogP contribution in [0.4, 0.5) is 0 Å². The standard InChI is InChI=1S/C18H15NO7S2.Na/c1-10-5-12(7-16-18(10)25-9-24-16)17-13(8-27-19-17)11-3-4-14(23-2)15(6-11)26-28(20,21)22;/h3-8H,9H2,1-2H3,(H,20,21,22);/q;+1/p-1. The number of rotatable bonds is 5. The third-order valence-electron chi connectivity index (χ3n) is 4.17. The third kappa shape index (κ3) is 4.52. The molecule has 146 valence electrons. The molecule has 11 heteroatoms. The quantitative estimate of drug-likeness (QED) is 0.316. The number of nitrogens with zero attached hydrogens (tertiary/aromatic N) is 1. The van der Waals surface area contributed by atoms with Crippen LogP contribution in [-0.4, -0.2) is 31.2 Å². The number of hydrogen-bond donors (Lipinski definition) is 0. The number of ether oxygens (including phenoxy) is 3. The van der Waals surface area contributed by atoms with E-state index >= 15 is 0 Å². The second-order valence-corrected chi connectivity index (χ2v) is 7.57. The maximum absolute atomic E-state index is 11.0. The third-order valence-corrected chi connectivity index (χ3v) is 5.18. The molecule has 0 unspecified atom stereocenters. The van der Waals surface area contributed by atoms with E-state index in [-0.39, 0.29) is 47.8 Å². The largest absolute Gasteiger partial charge is 1.00 e. The predicted octanol–water partition coefficient (Wildman–Crippen LogP) is 0.366. The van der Waals surface area contributed by atoms with E-state index in [4.69, 9.17) is 14.2 Å². The van der Waals surface area contributed by atoms with Crippen LogP contribution in [0.3, 0.4) is 0 Å². The molecule has 3 aromatic rings. The second kappa shape index (κ2) is 8.50. The van der Waals surface area contributed by atoms with Crippen molar-refractivity contribution in [2.24, 2.45) is 0 Å². The van der Waals surface area contributed by atoms with Gasteiger partial charge in [-0.05, 0) is 53.8 Å². The normalized spacial score (nSPS) is 12.4. The van der Waals surface area contributed by atoms with Crippen LogP contribution in [0.5, 0.6) is 23.0 Å². The summed E-state index contributed by atoms with van der Waals surface area (Å²) in [5.41, 5.74) is 3.80. The molecule has 1 aromatic heterocycles. The monoisotopic (exact) mass is 443 g/mol. The second-order valence-electron chi connectivity index (χ2n) is 5.96. The molecular formula is C18H14NNaO7S2. The Labute approximate surface area is 193 Å². The van der Waals surface area contributed by atoms with Crippen molar-refractivity contribution in [1.29, 1.82) is 0 Å². The van der Waals surface area contributed by atoms with E-state index < -0.39 is 10.4 Å². The zero-order chi connectivity index (χ0) is 19.9. The minimum atomic E-state index is -4.94. The van der Waals surface area contributed by atoms with Crippen LogP contribution in [0.1, 0.15) is 5.56 Å². The zero-order valence-corrected chi connectivity index (χ0v) is 19.4. The van der Waals surface area contributed by atoms with Gasteiger partial charge in [0, 0.05) is 16.5 Å². The smallest absolute Gasteiger partial charge is 0.716 e. The van der Waals surface area contributed by atoms with Gasteiger partial charge in [-0.25, -0.2) is 8.42 Å². The zero-order valence-electron chi connectivity index (χ0n) is 15.8. The summed E-state index contributed by atoms with van der Waals surface area (Å²) in [5.74, 6) is 1.30. The van der Waals surface area contributed by atoms with Gasteiger partial charge in [-0.3, -0.25) is 0 Å². The predicted molar refractivity (Wildman–Crippen MR) is 101 cm³/mol. The summed E-state index contributed by atoms with van der Waals surface area (Å²) >= 11 is 1.25. The van der Waals surface area contributed by atoms with E-state index in [0.717, 1.165) is 16.7 Å². The minimum Gasteiger partial charge on any atom is -0.716 e. The molecule has 29 heavy (non-hydrogen) atoms. The van der Waals surface area contributed by atoms with Crippen LogP contribution >= 0.6 is 11.5 Å². The molecule has 2 heterocycles. The van der Waals surface area contributed by atoms with Crippen LogP contribution in [0.15, 0.2) is 35.7 Å². The fourth-order valence-electron chi connectivity index (χ4n) is 2.99. The fourth-order valence-corrected chi connectivity index (χ4v) is 4.06. The van der Waals surface area contributed by atoms with Gasteiger partial charge in [0.2, 0.25) is 6.79 Å². The van der Waals surface area contributed by atoms with Crippen LogP contribution < -0.4 is 48.0 Å². The van der Waals surface area contributed by atoms with E-state index in [1.54, 1.807) is 6.07 Å². The molecule has 0 spiro atoms. The molecule has 4 rings (SSSR count). The maximum Gasteiger partial charge on any atom is 1.00 e. The molecule has 1 aliphatic rings. The van der Waals surface area contributed by atoms with Crippen molar-refractivity contribution < 1.29 is 60.9 Å². The van der Waals surface area contributed by atoms with Crippen LogP contribution in [0.2, 0.25) is 0 Å². The molecule has 0 saturated carbocycles. The summed E-state index contributed by atoms with van der Waals surface area (Å²) in [4.78, 5) is 0. The summed E-state index contributed by atoms with van der Waals surface area (Å²) in [6, 6.07) is 8.48. The SMILES string of the molecule is COc1ccc(-c2csnc2-c2cc(C)c3c(c2)OCO3)cc1OS(=O)(=O)[O-].[Na+]. The molecule has 0 N–H and O–H groups in total. The molecule has 2 aromatic carbocycles. The Kier molecular flexibility index (Phi) is 6.42. The molecule has 0 saturated heterocycles. The van der Waals surface area contributed by atoms with Gasteiger partial charge in [-0.1, -0.05) is 6.07 Å². The Morgan fingerprint density at radius 3 is 2.66 bits per heavy atom. The Hall–Kier alpha value is -1.82. The van der Waals surface area contributed by atoms with Crippen molar-refractivity contribution in [1.82, 2.24) is 4.37 Å². The Balaban J connectivity index is 0.00000240. The summed E-state index contributed by atoms with van der Waals surface area (Å²) in [6.07, 6.45) is 0. The van der Waals surface area contributed by atoms with E-state index in [1.807, 2.05) is 24.4 Å². The van der Waals surface area contributed by atoms with Gasteiger partial charge in [0.1, 0.15) is 0 Å². The molecular weight excluding hydrogens is 429 g/mol. The van der Waals surface area contributed by atoms with Gasteiger partial charge >= 0.3 is 29.6 Å². The van der Waals surface area contributed by atoms with Crippen LogP contribution in [0, 0.1) is 6.92 Å². The molecule has 0 amide bonds. The van der Waals surface area contributed by atoms with E-state index in [1.165, 1.54) is 30.8 Å². The first-order valence-electron chi connectivity index (χ1n) is 8.04. The van der Waals surface area contributed by atoms with Crippen molar-refractivity contribution >= 4 is 21.9 Å². The summed E-state index contributed by atoms with van der Waals surface area (Å²) in [5, 5.41) is 1.83. The molecule has 0 radical (unpaired) electrons. The number of hydrogen-bond acceptors (Lipinski definition) is 9. The number of fused-ring (bicyclic) bond motifs is 1. The van der Waals surface area contributed by atoms with Crippen molar-refractivity contribution in [2.45, 2.75) is 6.92 Å². The molecule has 0 fully saturated rings. The topological polar surface area (TPSA) is 107 Å². The van der Waals surface area contributed by atoms with E-state index in [0.29, 0.717) is 22.8 Å². The van der Waals surface area contributed by atoms with Gasteiger partial charge in [0.25, 0.3) is 10.4 Å². The van der Waals surface area contributed by atoms with E-state index in [2.05, 4.69) is 8.56 Å². The molecule has 0 atom stereocenters. The van der Waals surface area contributed by atoms with Crippen LogP contribution in [-0.2, 0) is 10.4 Å². The van der Waals surface area contributed by atoms with Crippen LogP contribution in [0.25, 0.3) is 22.4 Å².